The standard InChI is InChI=1S/C13H19NO3/c1-4-17-6-5-12(15)14-11-7-9(2)13(16)10(3)8-11/h7-8,16H,4-6H2,1-3H3,(H,14,15). The first-order valence-corrected chi connectivity index (χ1v) is 5.72. The summed E-state index contributed by atoms with van der Waals surface area (Å²) in [5.41, 5.74) is 2.22. The average Bonchev–Trinajstić information content (AvgIpc) is 2.26. The molecule has 0 heterocycles. The van der Waals surface area contributed by atoms with Crippen LogP contribution in [-0.2, 0) is 9.53 Å². The Balaban J connectivity index is 2.60. The Bertz CT molecular complexity index is 379. The van der Waals surface area contributed by atoms with Crippen molar-refractivity contribution in [2.24, 2.45) is 0 Å². The van der Waals surface area contributed by atoms with E-state index in [1.54, 1.807) is 26.0 Å². The third kappa shape index (κ3) is 4.07. The second-order valence-electron chi connectivity index (χ2n) is 3.95. The van der Waals surface area contributed by atoms with Crippen LogP contribution < -0.4 is 5.32 Å². The molecular formula is C13H19NO3. The lowest BCUT2D eigenvalue weighted by Gasteiger charge is -2.09. The van der Waals surface area contributed by atoms with Crippen LogP contribution in [-0.4, -0.2) is 24.2 Å². The first-order chi connectivity index (χ1) is 8.04. The third-order valence-corrected chi connectivity index (χ3v) is 2.45. The minimum absolute atomic E-state index is 0.0806. The summed E-state index contributed by atoms with van der Waals surface area (Å²) in [6, 6.07) is 3.50. The zero-order valence-corrected chi connectivity index (χ0v) is 10.5. The van der Waals surface area contributed by atoms with Crippen molar-refractivity contribution in [2.75, 3.05) is 18.5 Å². The molecule has 0 unspecified atom stereocenters. The SMILES string of the molecule is CCOCCC(=O)Nc1cc(C)c(O)c(C)c1. The van der Waals surface area contributed by atoms with Gasteiger partial charge in [-0.05, 0) is 44.0 Å². The van der Waals surface area contributed by atoms with E-state index in [-0.39, 0.29) is 11.7 Å². The number of carbonyl (C=O) groups excluding carboxylic acids is 1. The lowest BCUT2D eigenvalue weighted by molar-refractivity contribution is -0.117. The maximum atomic E-state index is 11.5. The highest BCUT2D eigenvalue weighted by Gasteiger charge is 2.06. The van der Waals surface area contributed by atoms with Gasteiger partial charge in [0.25, 0.3) is 0 Å². The summed E-state index contributed by atoms with van der Waals surface area (Å²) in [5.74, 6) is 0.195. The number of aryl methyl sites for hydroxylation is 2. The van der Waals surface area contributed by atoms with Crippen LogP contribution in [0.2, 0.25) is 0 Å². The molecule has 0 aliphatic carbocycles. The summed E-state index contributed by atoms with van der Waals surface area (Å²) in [5, 5.41) is 12.4. The summed E-state index contributed by atoms with van der Waals surface area (Å²) < 4.78 is 5.11. The highest BCUT2D eigenvalue weighted by atomic mass is 16.5. The van der Waals surface area contributed by atoms with E-state index >= 15 is 0 Å². The molecule has 0 fully saturated rings. The number of phenolic OH excluding ortho intramolecular Hbond substituents is 1. The van der Waals surface area contributed by atoms with Gasteiger partial charge in [0.05, 0.1) is 13.0 Å². The van der Waals surface area contributed by atoms with Crippen LogP contribution in [0.3, 0.4) is 0 Å². The second-order valence-corrected chi connectivity index (χ2v) is 3.95. The fourth-order valence-electron chi connectivity index (χ4n) is 1.56. The van der Waals surface area contributed by atoms with Crippen molar-refractivity contribution in [1.82, 2.24) is 0 Å². The van der Waals surface area contributed by atoms with Crippen molar-refractivity contribution in [3.8, 4) is 5.75 Å². The lowest BCUT2D eigenvalue weighted by atomic mass is 10.1. The molecule has 94 valence electrons. The van der Waals surface area contributed by atoms with E-state index in [0.29, 0.717) is 25.3 Å². The number of amides is 1. The van der Waals surface area contributed by atoms with Crippen LogP contribution >= 0.6 is 0 Å². The molecule has 0 saturated carbocycles. The molecule has 17 heavy (non-hydrogen) atoms. The van der Waals surface area contributed by atoms with Gasteiger partial charge in [-0.3, -0.25) is 4.79 Å². The molecule has 0 aliphatic heterocycles. The van der Waals surface area contributed by atoms with Crippen LogP contribution in [0.5, 0.6) is 5.75 Å². The van der Waals surface area contributed by atoms with Crippen molar-refractivity contribution in [3.05, 3.63) is 23.3 Å². The normalized spacial score (nSPS) is 10.3. The van der Waals surface area contributed by atoms with Crippen LogP contribution in [0, 0.1) is 13.8 Å². The second kappa shape index (κ2) is 6.25. The van der Waals surface area contributed by atoms with Gasteiger partial charge in [-0.1, -0.05) is 0 Å². The van der Waals surface area contributed by atoms with Crippen molar-refractivity contribution < 1.29 is 14.6 Å². The zero-order valence-electron chi connectivity index (χ0n) is 10.5. The number of aromatic hydroxyl groups is 1. The molecule has 4 heteroatoms. The van der Waals surface area contributed by atoms with E-state index in [9.17, 15) is 9.90 Å². The fourth-order valence-corrected chi connectivity index (χ4v) is 1.56. The predicted molar refractivity (Wildman–Crippen MR) is 67.3 cm³/mol. The van der Waals surface area contributed by atoms with Crippen molar-refractivity contribution in [1.29, 1.82) is 0 Å². The van der Waals surface area contributed by atoms with Gasteiger partial charge in [0, 0.05) is 12.3 Å². The molecule has 4 nitrogen and oxygen atoms in total. The summed E-state index contributed by atoms with van der Waals surface area (Å²) in [7, 11) is 0. The van der Waals surface area contributed by atoms with Gasteiger partial charge in [-0.15, -0.1) is 0 Å². The van der Waals surface area contributed by atoms with Crippen LogP contribution in [0.15, 0.2) is 12.1 Å². The van der Waals surface area contributed by atoms with Crippen molar-refractivity contribution in [2.45, 2.75) is 27.2 Å². The quantitative estimate of drug-likeness (QED) is 0.610. The summed E-state index contributed by atoms with van der Waals surface area (Å²) in [6.07, 6.45) is 0.340. The molecule has 1 rings (SSSR count). The Hall–Kier alpha value is -1.55. The minimum atomic E-state index is -0.0806. The van der Waals surface area contributed by atoms with Gasteiger partial charge >= 0.3 is 0 Å². The number of hydrogen-bond acceptors (Lipinski definition) is 3. The number of nitrogens with one attached hydrogen (secondary N) is 1. The lowest BCUT2D eigenvalue weighted by Crippen LogP contribution is -2.14. The molecule has 0 saturated heterocycles. The van der Waals surface area contributed by atoms with Crippen LogP contribution in [0.1, 0.15) is 24.5 Å². The zero-order chi connectivity index (χ0) is 12.8. The smallest absolute Gasteiger partial charge is 0.226 e. The van der Waals surface area contributed by atoms with Crippen molar-refractivity contribution in [3.63, 3.8) is 0 Å². The maximum absolute atomic E-state index is 11.5. The molecule has 1 amide bonds. The number of ether oxygens (including phenoxy) is 1. The molecule has 0 bridgehead atoms. The van der Waals surface area contributed by atoms with Gasteiger partial charge in [0.15, 0.2) is 0 Å². The molecule has 0 aromatic heterocycles. The molecule has 0 spiro atoms. The molecule has 1 aromatic carbocycles. The van der Waals surface area contributed by atoms with E-state index < -0.39 is 0 Å². The predicted octanol–water partition coefficient (Wildman–Crippen LogP) is 2.37. The Labute approximate surface area is 102 Å². The third-order valence-electron chi connectivity index (χ3n) is 2.45. The van der Waals surface area contributed by atoms with Gasteiger partial charge < -0.3 is 15.2 Å². The summed E-state index contributed by atoms with van der Waals surface area (Å²) >= 11 is 0. The summed E-state index contributed by atoms with van der Waals surface area (Å²) in [6.45, 7) is 6.55. The number of benzene rings is 1. The fraction of sp³-hybridized carbons (Fsp3) is 0.462. The number of rotatable bonds is 5. The number of carbonyl (C=O) groups is 1. The highest BCUT2D eigenvalue weighted by molar-refractivity contribution is 5.91. The molecule has 0 atom stereocenters. The molecule has 0 radical (unpaired) electrons. The van der Waals surface area contributed by atoms with Gasteiger partial charge in [-0.2, -0.15) is 0 Å². The number of phenols is 1. The van der Waals surface area contributed by atoms with Gasteiger partial charge in [-0.25, -0.2) is 0 Å². The van der Waals surface area contributed by atoms with E-state index in [1.807, 2.05) is 6.92 Å². The highest BCUT2D eigenvalue weighted by Crippen LogP contribution is 2.25. The first-order valence-electron chi connectivity index (χ1n) is 5.72. The average molecular weight is 237 g/mol. The van der Waals surface area contributed by atoms with Gasteiger partial charge in [0.1, 0.15) is 5.75 Å². The first kappa shape index (κ1) is 13.5. The molecular weight excluding hydrogens is 218 g/mol. The van der Waals surface area contributed by atoms with E-state index in [4.69, 9.17) is 4.74 Å². The van der Waals surface area contributed by atoms with Crippen molar-refractivity contribution >= 4 is 11.6 Å². The monoisotopic (exact) mass is 237 g/mol. The Morgan fingerprint density at radius 1 is 1.35 bits per heavy atom. The van der Waals surface area contributed by atoms with E-state index in [0.717, 1.165) is 11.1 Å². The summed E-state index contributed by atoms with van der Waals surface area (Å²) in [4.78, 5) is 11.5. The molecule has 0 aliphatic rings. The van der Waals surface area contributed by atoms with Crippen LogP contribution in [0.4, 0.5) is 5.69 Å². The largest absolute Gasteiger partial charge is 0.507 e. The topological polar surface area (TPSA) is 58.6 Å². The maximum Gasteiger partial charge on any atom is 0.226 e. The van der Waals surface area contributed by atoms with Crippen LogP contribution in [0.25, 0.3) is 0 Å². The molecule has 1 aromatic rings. The van der Waals surface area contributed by atoms with E-state index in [2.05, 4.69) is 5.32 Å². The molecule has 2 N–H and O–H groups in total. The Kier molecular flexibility index (Phi) is 4.97. The van der Waals surface area contributed by atoms with Gasteiger partial charge in [0.2, 0.25) is 5.91 Å². The Morgan fingerprint density at radius 3 is 2.47 bits per heavy atom. The minimum Gasteiger partial charge on any atom is -0.507 e. The Morgan fingerprint density at radius 2 is 1.94 bits per heavy atom. The van der Waals surface area contributed by atoms with E-state index in [1.165, 1.54) is 0 Å². The number of anilines is 1. The number of hydrogen-bond donors (Lipinski definition) is 2.